The summed E-state index contributed by atoms with van der Waals surface area (Å²) in [6.07, 6.45) is 5.14. The van der Waals surface area contributed by atoms with Gasteiger partial charge in [0.25, 0.3) is 0 Å². The van der Waals surface area contributed by atoms with Gasteiger partial charge in [0.2, 0.25) is 5.91 Å². The van der Waals surface area contributed by atoms with Gasteiger partial charge in [0.15, 0.2) is 0 Å². The molecule has 1 aliphatic rings. The number of aromatic nitrogens is 1. The van der Waals surface area contributed by atoms with Crippen LogP contribution in [0.5, 0.6) is 0 Å². The Morgan fingerprint density at radius 3 is 2.54 bits per heavy atom. The molecule has 182 valence electrons. The predicted molar refractivity (Wildman–Crippen MR) is 136 cm³/mol. The first-order chi connectivity index (χ1) is 16.9. The van der Waals surface area contributed by atoms with Gasteiger partial charge in [-0.25, -0.2) is 4.79 Å². The first kappa shape index (κ1) is 23.3. The number of hydrogen-bond acceptors (Lipinski definition) is 6. The fraction of sp³-hybridized carbons (Fsp3) is 0.393. The molecule has 0 aliphatic carbocycles. The first-order valence-corrected chi connectivity index (χ1v) is 12.3. The lowest BCUT2D eigenvalue weighted by molar-refractivity contribution is -0.132. The molecular formula is C28H31N3O4. The van der Waals surface area contributed by atoms with Gasteiger partial charge in [-0.3, -0.25) is 14.7 Å². The maximum Gasteiger partial charge on any atom is 0.339 e. The Kier molecular flexibility index (Phi) is 6.43. The van der Waals surface area contributed by atoms with Crippen molar-refractivity contribution in [1.82, 2.24) is 14.8 Å². The van der Waals surface area contributed by atoms with Crippen LogP contribution in [0, 0.1) is 20.8 Å². The molecule has 0 radical (unpaired) electrons. The molecule has 4 heterocycles. The van der Waals surface area contributed by atoms with Crippen LogP contribution in [0.25, 0.3) is 21.9 Å². The van der Waals surface area contributed by atoms with Crippen molar-refractivity contribution in [3.63, 3.8) is 0 Å². The third kappa shape index (κ3) is 4.60. The lowest BCUT2D eigenvalue weighted by atomic mass is 9.98. The molecule has 1 aliphatic heterocycles. The van der Waals surface area contributed by atoms with Gasteiger partial charge in [-0.15, -0.1) is 0 Å². The smallest absolute Gasteiger partial charge is 0.339 e. The highest BCUT2D eigenvalue weighted by Gasteiger charge is 2.23. The maximum atomic E-state index is 12.9. The molecule has 0 bridgehead atoms. The number of amides is 1. The summed E-state index contributed by atoms with van der Waals surface area (Å²) in [5.74, 6) is 0.0885. The molecule has 1 amide bonds. The van der Waals surface area contributed by atoms with E-state index >= 15 is 0 Å². The van der Waals surface area contributed by atoms with E-state index in [1.807, 2.05) is 56.1 Å². The molecular weight excluding hydrogens is 442 g/mol. The predicted octanol–water partition coefficient (Wildman–Crippen LogP) is 4.18. The van der Waals surface area contributed by atoms with Crippen molar-refractivity contribution < 1.29 is 13.6 Å². The van der Waals surface area contributed by atoms with Gasteiger partial charge < -0.3 is 13.7 Å². The zero-order valence-electron chi connectivity index (χ0n) is 20.6. The van der Waals surface area contributed by atoms with E-state index in [4.69, 9.17) is 8.83 Å². The van der Waals surface area contributed by atoms with Gasteiger partial charge >= 0.3 is 5.63 Å². The van der Waals surface area contributed by atoms with Gasteiger partial charge in [0, 0.05) is 79.4 Å². The molecule has 7 heteroatoms. The van der Waals surface area contributed by atoms with E-state index in [2.05, 4.69) is 9.88 Å². The van der Waals surface area contributed by atoms with Crippen molar-refractivity contribution in [2.45, 2.75) is 40.0 Å². The van der Waals surface area contributed by atoms with Crippen LogP contribution in [0.4, 0.5) is 0 Å². The number of pyridine rings is 1. The van der Waals surface area contributed by atoms with Crippen LogP contribution in [-0.4, -0.2) is 53.4 Å². The van der Waals surface area contributed by atoms with Gasteiger partial charge in [-0.2, -0.15) is 0 Å². The summed E-state index contributed by atoms with van der Waals surface area (Å²) in [5, 5.41) is 1.93. The van der Waals surface area contributed by atoms with Crippen molar-refractivity contribution in [2.24, 2.45) is 0 Å². The highest BCUT2D eigenvalue weighted by molar-refractivity contribution is 5.99. The molecule has 3 aromatic heterocycles. The quantitative estimate of drug-likeness (QED) is 0.391. The van der Waals surface area contributed by atoms with Gasteiger partial charge in [0.05, 0.1) is 6.26 Å². The molecule has 1 saturated heterocycles. The van der Waals surface area contributed by atoms with Gasteiger partial charge in [-0.05, 0) is 56.5 Å². The summed E-state index contributed by atoms with van der Waals surface area (Å²) in [6, 6.07) is 8.02. The molecule has 0 saturated carbocycles. The number of fused-ring (bicyclic) bond motifs is 2. The molecule has 7 nitrogen and oxygen atoms in total. The molecule has 1 aromatic carbocycles. The van der Waals surface area contributed by atoms with Crippen molar-refractivity contribution >= 4 is 27.8 Å². The Labute approximate surface area is 204 Å². The number of carbonyl (C=O) groups is 1. The summed E-state index contributed by atoms with van der Waals surface area (Å²) >= 11 is 0. The van der Waals surface area contributed by atoms with E-state index in [1.165, 1.54) is 0 Å². The summed E-state index contributed by atoms with van der Waals surface area (Å²) in [6.45, 7) is 9.94. The Hall–Kier alpha value is -3.45. The van der Waals surface area contributed by atoms with Crippen LogP contribution in [-0.2, 0) is 17.6 Å². The molecule has 0 spiro atoms. The van der Waals surface area contributed by atoms with Crippen molar-refractivity contribution in [3.8, 4) is 0 Å². The van der Waals surface area contributed by atoms with Crippen LogP contribution < -0.4 is 5.63 Å². The second-order valence-corrected chi connectivity index (χ2v) is 9.46. The minimum absolute atomic E-state index is 0.0885. The zero-order valence-corrected chi connectivity index (χ0v) is 20.6. The number of carbonyl (C=O) groups excluding carboxylic acids is 1. The third-order valence-corrected chi connectivity index (χ3v) is 7.26. The number of benzene rings is 1. The Morgan fingerprint density at radius 2 is 1.80 bits per heavy atom. The SMILES string of the molecule is Cc1coc2c(C)c3oc(=O)c(CCC(=O)N4CCN(CCc5ccccn5)CC4)c(C)c3cc12. The highest BCUT2D eigenvalue weighted by Crippen LogP contribution is 2.32. The minimum atomic E-state index is -0.368. The van der Waals surface area contributed by atoms with Crippen molar-refractivity contribution in [2.75, 3.05) is 32.7 Å². The number of aryl methyl sites for hydroxylation is 3. The molecule has 0 atom stereocenters. The van der Waals surface area contributed by atoms with Crippen LogP contribution in [0.3, 0.4) is 0 Å². The van der Waals surface area contributed by atoms with Crippen LogP contribution in [0.1, 0.15) is 34.4 Å². The second kappa shape index (κ2) is 9.66. The van der Waals surface area contributed by atoms with Crippen molar-refractivity contribution in [1.29, 1.82) is 0 Å². The van der Waals surface area contributed by atoms with Crippen molar-refractivity contribution in [3.05, 3.63) is 75.1 Å². The maximum absolute atomic E-state index is 12.9. The average Bonchev–Trinajstić information content (AvgIpc) is 3.25. The number of piperazine rings is 1. The molecule has 0 unspecified atom stereocenters. The summed E-state index contributed by atoms with van der Waals surface area (Å²) in [5.41, 5.74) is 5.38. The molecule has 35 heavy (non-hydrogen) atoms. The van der Waals surface area contributed by atoms with E-state index in [0.717, 1.165) is 64.8 Å². The Bertz CT molecular complexity index is 1430. The molecule has 1 fully saturated rings. The van der Waals surface area contributed by atoms with Gasteiger partial charge in [0.1, 0.15) is 11.2 Å². The van der Waals surface area contributed by atoms with Crippen LogP contribution >= 0.6 is 0 Å². The normalized spacial score (nSPS) is 14.8. The number of rotatable bonds is 6. The van der Waals surface area contributed by atoms with E-state index in [0.29, 0.717) is 37.1 Å². The summed E-state index contributed by atoms with van der Waals surface area (Å²) < 4.78 is 11.4. The lowest BCUT2D eigenvalue weighted by Crippen LogP contribution is -2.49. The molecule has 0 N–H and O–H groups in total. The molecule has 4 aromatic rings. The summed E-state index contributed by atoms with van der Waals surface area (Å²) in [4.78, 5) is 34.4. The fourth-order valence-corrected chi connectivity index (χ4v) is 5.04. The third-order valence-electron chi connectivity index (χ3n) is 7.26. The fourth-order valence-electron chi connectivity index (χ4n) is 5.04. The Balaban J connectivity index is 1.23. The largest absolute Gasteiger partial charge is 0.464 e. The molecule has 5 rings (SSSR count). The van der Waals surface area contributed by atoms with E-state index in [1.54, 1.807) is 6.26 Å². The monoisotopic (exact) mass is 473 g/mol. The zero-order chi connectivity index (χ0) is 24.5. The standard InChI is InChI=1S/C28H31N3O4/c1-18-17-34-26-20(3)27-24(16-23(18)26)19(2)22(28(33)35-27)7-8-25(32)31-14-12-30(13-15-31)11-9-21-6-4-5-10-29-21/h4-6,10,16-17H,7-9,11-15H2,1-3H3. The van der Waals surface area contributed by atoms with Crippen LogP contribution in [0.15, 0.2) is 50.4 Å². The van der Waals surface area contributed by atoms with E-state index in [-0.39, 0.29) is 11.5 Å². The average molecular weight is 474 g/mol. The number of nitrogens with zero attached hydrogens (tertiary/aromatic N) is 3. The first-order valence-electron chi connectivity index (χ1n) is 12.3. The lowest BCUT2D eigenvalue weighted by Gasteiger charge is -2.34. The van der Waals surface area contributed by atoms with Gasteiger partial charge in [-0.1, -0.05) is 6.07 Å². The second-order valence-electron chi connectivity index (χ2n) is 9.46. The number of furan rings is 1. The minimum Gasteiger partial charge on any atom is -0.464 e. The highest BCUT2D eigenvalue weighted by atomic mass is 16.4. The van der Waals surface area contributed by atoms with E-state index in [9.17, 15) is 9.59 Å². The summed E-state index contributed by atoms with van der Waals surface area (Å²) in [7, 11) is 0. The van der Waals surface area contributed by atoms with E-state index < -0.39 is 0 Å². The number of hydrogen-bond donors (Lipinski definition) is 0. The Morgan fingerprint density at radius 1 is 1.00 bits per heavy atom. The topological polar surface area (TPSA) is 79.8 Å². The van der Waals surface area contributed by atoms with Crippen LogP contribution in [0.2, 0.25) is 0 Å².